The van der Waals surface area contributed by atoms with Crippen molar-refractivity contribution in [3.05, 3.63) is 0 Å². The largest absolute Gasteiger partial charge is 0.391 e. The van der Waals surface area contributed by atoms with Crippen LogP contribution < -0.4 is 5.73 Å². The Hall–Kier alpha value is -0.570. The standard InChI is InChI=1S/C11H20N2O/c12-8-10-7-11(13-14-10)9-5-3-1-2-4-6-9/h9-10H,1-8,12H2. The van der Waals surface area contributed by atoms with Crippen molar-refractivity contribution in [2.45, 2.75) is 51.0 Å². The van der Waals surface area contributed by atoms with Crippen LogP contribution in [-0.2, 0) is 4.84 Å². The first kappa shape index (κ1) is 9.97. The second kappa shape index (κ2) is 4.78. The van der Waals surface area contributed by atoms with E-state index >= 15 is 0 Å². The van der Waals surface area contributed by atoms with Crippen molar-refractivity contribution in [3.63, 3.8) is 0 Å². The number of rotatable bonds is 2. The molecule has 3 nitrogen and oxygen atoms in total. The Morgan fingerprint density at radius 1 is 1.21 bits per heavy atom. The van der Waals surface area contributed by atoms with E-state index in [0.717, 1.165) is 6.42 Å². The van der Waals surface area contributed by atoms with Gasteiger partial charge in [-0.1, -0.05) is 30.8 Å². The molecule has 0 aromatic carbocycles. The van der Waals surface area contributed by atoms with Gasteiger partial charge in [0.1, 0.15) is 6.10 Å². The van der Waals surface area contributed by atoms with Crippen molar-refractivity contribution in [1.29, 1.82) is 0 Å². The third kappa shape index (κ3) is 2.27. The van der Waals surface area contributed by atoms with Gasteiger partial charge in [-0.2, -0.15) is 0 Å². The molecule has 80 valence electrons. The van der Waals surface area contributed by atoms with Crippen LogP contribution in [0.1, 0.15) is 44.9 Å². The lowest BCUT2D eigenvalue weighted by Crippen LogP contribution is -2.22. The quantitative estimate of drug-likeness (QED) is 0.687. The molecule has 2 N–H and O–H groups in total. The average Bonchev–Trinajstić information content (AvgIpc) is 2.53. The van der Waals surface area contributed by atoms with Gasteiger partial charge in [-0.3, -0.25) is 0 Å². The molecular formula is C11H20N2O. The SMILES string of the molecule is NCC1CC(C2CCCCCC2)=NO1. The Morgan fingerprint density at radius 2 is 1.93 bits per heavy atom. The lowest BCUT2D eigenvalue weighted by atomic mass is 9.92. The van der Waals surface area contributed by atoms with Gasteiger partial charge in [0.05, 0.1) is 5.71 Å². The molecule has 2 rings (SSSR count). The smallest absolute Gasteiger partial charge is 0.145 e. The summed E-state index contributed by atoms with van der Waals surface area (Å²) in [6.45, 7) is 0.597. The first-order valence-electron chi connectivity index (χ1n) is 5.83. The summed E-state index contributed by atoms with van der Waals surface area (Å²) in [5.41, 5.74) is 6.84. The number of hydrogen-bond acceptors (Lipinski definition) is 3. The molecule has 1 atom stereocenters. The average molecular weight is 196 g/mol. The molecule has 2 aliphatic rings. The summed E-state index contributed by atoms with van der Waals surface area (Å²) >= 11 is 0. The lowest BCUT2D eigenvalue weighted by Gasteiger charge is -2.12. The van der Waals surface area contributed by atoms with Gasteiger partial charge in [0.25, 0.3) is 0 Å². The highest BCUT2D eigenvalue weighted by molar-refractivity contribution is 5.87. The molecule has 0 aromatic heterocycles. The van der Waals surface area contributed by atoms with Crippen LogP contribution in [0.3, 0.4) is 0 Å². The Labute approximate surface area is 85.7 Å². The van der Waals surface area contributed by atoms with Crippen LogP contribution in [0.5, 0.6) is 0 Å². The number of hydrogen-bond donors (Lipinski definition) is 1. The first-order chi connectivity index (χ1) is 6.90. The van der Waals surface area contributed by atoms with Crippen LogP contribution in [-0.4, -0.2) is 18.4 Å². The predicted molar refractivity (Wildman–Crippen MR) is 57.2 cm³/mol. The van der Waals surface area contributed by atoms with E-state index in [1.807, 2.05) is 0 Å². The molecule has 0 spiro atoms. The van der Waals surface area contributed by atoms with Crippen LogP contribution >= 0.6 is 0 Å². The zero-order valence-electron chi connectivity index (χ0n) is 8.74. The summed E-state index contributed by atoms with van der Waals surface area (Å²) < 4.78 is 0. The van der Waals surface area contributed by atoms with Crippen molar-refractivity contribution >= 4 is 5.71 Å². The molecule has 0 bridgehead atoms. The fourth-order valence-corrected chi connectivity index (χ4v) is 2.43. The zero-order valence-corrected chi connectivity index (χ0v) is 8.74. The fraction of sp³-hybridized carbons (Fsp3) is 0.909. The van der Waals surface area contributed by atoms with Crippen molar-refractivity contribution in [2.75, 3.05) is 6.54 Å². The van der Waals surface area contributed by atoms with Crippen LogP contribution in [0.4, 0.5) is 0 Å². The molecule has 1 heterocycles. The summed E-state index contributed by atoms with van der Waals surface area (Å²) in [4.78, 5) is 5.27. The van der Waals surface area contributed by atoms with Gasteiger partial charge >= 0.3 is 0 Å². The number of nitrogens with zero attached hydrogens (tertiary/aromatic N) is 1. The summed E-state index contributed by atoms with van der Waals surface area (Å²) in [5.74, 6) is 0.689. The molecule has 0 radical (unpaired) electrons. The van der Waals surface area contributed by atoms with Crippen LogP contribution in [0, 0.1) is 5.92 Å². The zero-order chi connectivity index (χ0) is 9.80. The summed E-state index contributed by atoms with van der Waals surface area (Å²) in [5, 5.41) is 4.19. The molecule has 0 saturated heterocycles. The monoisotopic (exact) mass is 196 g/mol. The van der Waals surface area contributed by atoms with E-state index in [4.69, 9.17) is 10.6 Å². The predicted octanol–water partition coefficient (Wildman–Crippen LogP) is 2.06. The van der Waals surface area contributed by atoms with Gasteiger partial charge in [-0.15, -0.1) is 0 Å². The first-order valence-corrected chi connectivity index (χ1v) is 5.83. The van der Waals surface area contributed by atoms with Crippen molar-refractivity contribution in [3.8, 4) is 0 Å². The van der Waals surface area contributed by atoms with Crippen LogP contribution in [0.2, 0.25) is 0 Å². The summed E-state index contributed by atoms with van der Waals surface area (Å²) in [6, 6.07) is 0. The molecule has 0 amide bonds. The van der Waals surface area contributed by atoms with Gasteiger partial charge in [0, 0.05) is 18.9 Å². The van der Waals surface area contributed by atoms with Crippen LogP contribution in [0.15, 0.2) is 5.16 Å². The van der Waals surface area contributed by atoms with Crippen molar-refractivity contribution in [2.24, 2.45) is 16.8 Å². The summed E-state index contributed by atoms with van der Waals surface area (Å²) in [7, 11) is 0. The minimum atomic E-state index is 0.160. The maximum Gasteiger partial charge on any atom is 0.145 e. The van der Waals surface area contributed by atoms with E-state index in [1.165, 1.54) is 44.2 Å². The van der Waals surface area contributed by atoms with E-state index in [1.54, 1.807) is 0 Å². The Balaban J connectivity index is 1.88. The maximum atomic E-state index is 5.56. The molecule has 1 fully saturated rings. The highest BCUT2D eigenvalue weighted by Gasteiger charge is 2.26. The highest BCUT2D eigenvalue weighted by atomic mass is 16.6. The third-order valence-corrected chi connectivity index (χ3v) is 3.35. The van der Waals surface area contributed by atoms with E-state index in [9.17, 15) is 0 Å². The van der Waals surface area contributed by atoms with E-state index in [0.29, 0.717) is 12.5 Å². The third-order valence-electron chi connectivity index (χ3n) is 3.35. The highest BCUT2D eigenvalue weighted by Crippen LogP contribution is 2.28. The van der Waals surface area contributed by atoms with Gasteiger partial charge in [-0.05, 0) is 12.8 Å². The molecule has 1 aliphatic carbocycles. The minimum Gasteiger partial charge on any atom is -0.391 e. The van der Waals surface area contributed by atoms with Crippen LogP contribution in [0.25, 0.3) is 0 Å². The van der Waals surface area contributed by atoms with E-state index < -0.39 is 0 Å². The molecule has 3 heteroatoms. The molecule has 1 unspecified atom stereocenters. The lowest BCUT2D eigenvalue weighted by molar-refractivity contribution is 0.0918. The second-order valence-corrected chi connectivity index (χ2v) is 4.44. The molecule has 1 saturated carbocycles. The molecule has 1 aliphatic heterocycles. The topological polar surface area (TPSA) is 47.6 Å². The Kier molecular flexibility index (Phi) is 3.40. The number of nitrogens with two attached hydrogens (primary N) is 1. The minimum absolute atomic E-state index is 0.160. The molecular weight excluding hydrogens is 176 g/mol. The number of oxime groups is 1. The van der Waals surface area contributed by atoms with Gasteiger partial charge in [0.15, 0.2) is 0 Å². The van der Waals surface area contributed by atoms with E-state index in [-0.39, 0.29) is 6.10 Å². The van der Waals surface area contributed by atoms with Crippen molar-refractivity contribution in [1.82, 2.24) is 0 Å². The molecule has 0 aromatic rings. The van der Waals surface area contributed by atoms with E-state index in [2.05, 4.69) is 5.16 Å². The Bertz CT molecular complexity index is 207. The molecule has 14 heavy (non-hydrogen) atoms. The van der Waals surface area contributed by atoms with Gasteiger partial charge < -0.3 is 10.6 Å². The maximum absolute atomic E-state index is 5.56. The van der Waals surface area contributed by atoms with Gasteiger partial charge in [0.2, 0.25) is 0 Å². The summed E-state index contributed by atoms with van der Waals surface area (Å²) in [6.07, 6.45) is 9.25. The fourth-order valence-electron chi connectivity index (χ4n) is 2.43. The second-order valence-electron chi connectivity index (χ2n) is 4.44. The Morgan fingerprint density at radius 3 is 2.50 bits per heavy atom. The normalized spacial score (nSPS) is 29.5. The van der Waals surface area contributed by atoms with Crippen molar-refractivity contribution < 1.29 is 4.84 Å². The van der Waals surface area contributed by atoms with Gasteiger partial charge in [-0.25, -0.2) is 0 Å².